The highest BCUT2D eigenvalue weighted by atomic mass is 16.5. The molecular formula is C24H32N2O3. The van der Waals surface area contributed by atoms with Gasteiger partial charge in [0.05, 0.1) is 23.6 Å². The van der Waals surface area contributed by atoms with Crippen molar-refractivity contribution in [1.82, 2.24) is 9.88 Å². The Morgan fingerprint density at radius 1 is 1.28 bits per heavy atom. The molecule has 1 aromatic carbocycles. The van der Waals surface area contributed by atoms with Crippen molar-refractivity contribution in [2.45, 2.75) is 58.1 Å². The number of rotatable bonds is 6. The highest BCUT2D eigenvalue weighted by Crippen LogP contribution is 2.40. The van der Waals surface area contributed by atoms with Gasteiger partial charge in [0.2, 0.25) is 0 Å². The van der Waals surface area contributed by atoms with E-state index < -0.39 is 0 Å². The van der Waals surface area contributed by atoms with E-state index >= 15 is 0 Å². The second kappa shape index (κ2) is 9.23. The maximum atomic E-state index is 12.9. The summed E-state index contributed by atoms with van der Waals surface area (Å²) >= 11 is 0. The van der Waals surface area contributed by atoms with E-state index in [0.717, 1.165) is 63.9 Å². The molecule has 2 fully saturated rings. The van der Waals surface area contributed by atoms with Crippen molar-refractivity contribution in [1.29, 1.82) is 0 Å². The molecule has 156 valence electrons. The number of nitrogens with zero attached hydrogens (tertiary/aromatic N) is 2. The molecule has 0 saturated carbocycles. The van der Waals surface area contributed by atoms with E-state index in [1.54, 1.807) is 0 Å². The average Bonchev–Trinajstić information content (AvgIpc) is 2.76. The van der Waals surface area contributed by atoms with Crippen LogP contribution in [0.25, 0.3) is 10.9 Å². The summed E-state index contributed by atoms with van der Waals surface area (Å²) in [5, 5.41) is 1.18. The van der Waals surface area contributed by atoms with Crippen LogP contribution < -0.4 is 0 Å². The third-order valence-corrected chi connectivity index (χ3v) is 6.49. The topological polar surface area (TPSA) is 51.7 Å². The van der Waals surface area contributed by atoms with Crippen molar-refractivity contribution in [2.75, 3.05) is 26.3 Å². The number of ether oxygens (including phenoxy) is 2. The summed E-state index contributed by atoms with van der Waals surface area (Å²) in [6.45, 7) is 5.90. The zero-order valence-corrected chi connectivity index (χ0v) is 17.4. The molecule has 0 bridgehead atoms. The summed E-state index contributed by atoms with van der Waals surface area (Å²) in [5.74, 6) is -0.0226. The number of piperidine rings is 1. The summed E-state index contributed by atoms with van der Waals surface area (Å²) in [5.41, 5.74) is 1.94. The lowest BCUT2D eigenvalue weighted by Gasteiger charge is -2.42. The van der Waals surface area contributed by atoms with Gasteiger partial charge in [-0.05, 0) is 82.3 Å². The first-order valence-corrected chi connectivity index (χ1v) is 11.0. The Bertz CT molecular complexity index is 824. The van der Waals surface area contributed by atoms with Crippen LogP contribution in [-0.4, -0.2) is 48.3 Å². The van der Waals surface area contributed by atoms with Crippen LogP contribution in [0, 0.1) is 5.41 Å². The number of hydrogen-bond acceptors (Lipinski definition) is 5. The molecule has 29 heavy (non-hydrogen) atoms. The number of pyridine rings is 1. The van der Waals surface area contributed by atoms with Gasteiger partial charge >= 0.3 is 5.97 Å². The van der Waals surface area contributed by atoms with Crippen LogP contribution in [0.4, 0.5) is 0 Å². The second-order valence-electron chi connectivity index (χ2n) is 8.50. The molecule has 3 heterocycles. The van der Waals surface area contributed by atoms with E-state index in [4.69, 9.17) is 9.47 Å². The Hall–Kier alpha value is -1.98. The fraction of sp³-hybridized carbons (Fsp3) is 0.583. The highest BCUT2D eigenvalue weighted by molar-refractivity contribution is 5.79. The number of likely N-dealkylation sites (tertiary alicyclic amines) is 1. The Morgan fingerprint density at radius 2 is 2.14 bits per heavy atom. The van der Waals surface area contributed by atoms with Crippen LogP contribution in [0.15, 0.2) is 36.5 Å². The standard InChI is InChI=1S/C24H32N2O3/c1-2-28-23(27)24(17-21-7-3-4-15-29-21)10-13-26(14-11-24)18-19-8-9-22-20(16-19)6-5-12-25-22/h5-6,8-9,12,16,21H,2-4,7,10-11,13-15,17-18H2,1H3/t21-/m1/s1. The zero-order valence-electron chi connectivity index (χ0n) is 17.4. The fourth-order valence-electron chi connectivity index (χ4n) is 4.80. The van der Waals surface area contributed by atoms with Crippen LogP contribution in [0.5, 0.6) is 0 Å². The fourth-order valence-corrected chi connectivity index (χ4v) is 4.80. The number of fused-ring (bicyclic) bond motifs is 1. The maximum absolute atomic E-state index is 12.9. The van der Waals surface area contributed by atoms with Crippen LogP contribution in [0.2, 0.25) is 0 Å². The molecule has 1 atom stereocenters. The maximum Gasteiger partial charge on any atom is 0.312 e. The molecule has 0 aliphatic carbocycles. The Kier molecular flexibility index (Phi) is 6.46. The molecule has 2 aromatic rings. The van der Waals surface area contributed by atoms with Gasteiger partial charge in [-0.2, -0.15) is 0 Å². The molecule has 1 aromatic heterocycles. The van der Waals surface area contributed by atoms with Crippen molar-refractivity contribution in [3.63, 3.8) is 0 Å². The van der Waals surface area contributed by atoms with Crippen LogP contribution in [0.1, 0.15) is 51.0 Å². The number of benzene rings is 1. The van der Waals surface area contributed by atoms with E-state index in [2.05, 4.69) is 34.1 Å². The third kappa shape index (κ3) is 4.78. The molecular weight excluding hydrogens is 364 g/mol. The molecule has 0 N–H and O–H groups in total. The predicted octanol–water partition coefficient (Wildman–Crippen LogP) is 4.34. The molecule has 0 amide bonds. The number of carbonyl (C=O) groups excluding carboxylic acids is 1. The van der Waals surface area contributed by atoms with Gasteiger partial charge in [0.15, 0.2) is 0 Å². The van der Waals surface area contributed by atoms with Gasteiger partial charge < -0.3 is 9.47 Å². The van der Waals surface area contributed by atoms with Crippen molar-refractivity contribution < 1.29 is 14.3 Å². The molecule has 2 aliphatic rings. The summed E-state index contributed by atoms with van der Waals surface area (Å²) in [4.78, 5) is 19.8. The quantitative estimate of drug-likeness (QED) is 0.680. The van der Waals surface area contributed by atoms with E-state index in [1.165, 1.54) is 17.4 Å². The summed E-state index contributed by atoms with van der Waals surface area (Å²) in [6.07, 6.45) is 7.94. The Balaban J connectivity index is 1.41. The van der Waals surface area contributed by atoms with E-state index in [9.17, 15) is 4.79 Å². The van der Waals surface area contributed by atoms with Crippen molar-refractivity contribution in [3.05, 3.63) is 42.1 Å². The van der Waals surface area contributed by atoms with Gasteiger partial charge in [-0.25, -0.2) is 0 Å². The monoisotopic (exact) mass is 396 g/mol. The first-order valence-electron chi connectivity index (χ1n) is 11.0. The minimum atomic E-state index is -0.387. The highest BCUT2D eigenvalue weighted by Gasteiger charge is 2.44. The smallest absolute Gasteiger partial charge is 0.312 e. The Labute approximate surface area is 173 Å². The number of hydrogen-bond donors (Lipinski definition) is 0. The lowest BCUT2D eigenvalue weighted by atomic mass is 9.73. The number of aromatic nitrogens is 1. The normalized spacial score (nSPS) is 22.4. The molecule has 2 aliphatic heterocycles. The lowest BCUT2D eigenvalue weighted by molar-refractivity contribution is -0.162. The van der Waals surface area contributed by atoms with Gasteiger partial charge in [0.25, 0.3) is 0 Å². The minimum absolute atomic E-state index is 0.0226. The number of carbonyl (C=O) groups is 1. The molecule has 0 spiro atoms. The number of esters is 1. The summed E-state index contributed by atoms with van der Waals surface area (Å²) < 4.78 is 11.5. The first kappa shape index (κ1) is 20.3. The predicted molar refractivity (Wildman–Crippen MR) is 114 cm³/mol. The van der Waals surface area contributed by atoms with Gasteiger partial charge in [0.1, 0.15) is 0 Å². The van der Waals surface area contributed by atoms with Crippen LogP contribution in [0.3, 0.4) is 0 Å². The van der Waals surface area contributed by atoms with E-state index in [1.807, 2.05) is 19.2 Å². The van der Waals surface area contributed by atoms with Gasteiger partial charge in [-0.1, -0.05) is 12.1 Å². The largest absolute Gasteiger partial charge is 0.466 e. The molecule has 5 nitrogen and oxygen atoms in total. The molecule has 0 unspecified atom stereocenters. The van der Waals surface area contributed by atoms with E-state index in [-0.39, 0.29) is 17.5 Å². The lowest BCUT2D eigenvalue weighted by Crippen LogP contribution is -2.47. The van der Waals surface area contributed by atoms with Crippen molar-refractivity contribution in [3.8, 4) is 0 Å². The summed E-state index contributed by atoms with van der Waals surface area (Å²) in [6, 6.07) is 10.6. The van der Waals surface area contributed by atoms with Gasteiger partial charge in [0, 0.05) is 24.7 Å². The molecule has 0 radical (unpaired) electrons. The average molecular weight is 397 g/mol. The molecule has 4 rings (SSSR count). The third-order valence-electron chi connectivity index (χ3n) is 6.49. The minimum Gasteiger partial charge on any atom is -0.466 e. The van der Waals surface area contributed by atoms with Crippen molar-refractivity contribution in [2.24, 2.45) is 5.41 Å². The SMILES string of the molecule is CCOC(=O)C1(C[C@H]2CCCCO2)CCN(Cc2ccc3ncccc3c2)CC1. The van der Waals surface area contributed by atoms with Gasteiger partial charge in [-0.3, -0.25) is 14.7 Å². The van der Waals surface area contributed by atoms with Gasteiger partial charge in [-0.15, -0.1) is 0 Å². The Morgan fingerprint density at radius 3 is 2.90 bits per heavy atom. The molecule has 2 saturated heterocycles. The second-order valence-corrected chi connectivity index (χ2v) is 8.50. The van der Waals surface area contributed by atoms with Crippen molar-refractivity contribution >= 4 is 16.9 Å². The van der Waals surface area contributed by atoms with E-state index in [0.29, 0.717) is 6.61 Å². The molecule has 5 heteroatoms. The summed E-state index contributed by atoms with van der Waals surface area (Å²) in [7, 11) is 0. The first-order chi connectivity index (χ1) is 14.2. The van der Waals surface area contributed by atoms with Crippen LogP contribution in [-0.2, 0) is 20.8 Å². The van der Waals surface area contributed by atoms with Crippen LogP contribution >= 0.6 is 0 Å². The zero-order chi connectivity index (χ0) is 20.1.